The zero-order chi connectivity index (χ0) is 15.2. The highest BCUT2D eigenvalue weighted by molar-refractivity contribution is 5.85. The van der Waals surface area contributed by atoms with E-state index in [1.54, 1.807) is 0 Å². The summed E-state index contributed by atoms with van der Waals surface area (Å²) in [6.45, 7) is 8.54. The maximum atomic E-state index is 12.1. The average Bonchev–Trinajstić information content (AvgIpc) is 2.48. The second-order valence-corrected chi connectivity index (χ2v) is 6.51. The summed E-state index contributed by atoms with van der Waals surface area (Å²) >= 11 is 0. The average molecular weight is 325 g/mol. The van der Waals surface area contributed by atoms with Gasteiger partial charge in [-0.05, 0) is 55.8 Å². The second kappa shape index (κ2) is 9.16. The summed E-state index contributed by atoms with van der Waals surface area (Å²) in [5.41, 5.74) is 2.52. The van der Waals surface area contributed by atoms with Gasteiger partial charge in [0.15, 0.2) is 0 Å². The molecule has 1 aliphatic heterocycles. The lowest BCUT2D eigenvalue weighted by Gasteiger charge is -2.23. The summed E-state index contributed by atoms with van der Waals surface area (Å²) in [7, 11) is 0. The first-order valence-corrected chi connectivity index (χ1v) is 8.16. The van der Waals surface area contributed by atoms with Gasteiger partial charge in [-0.3, -0.25) is 4.79 Å². The molecule has 3 nitrogen and oxygen atoms in total. The van der Waals surface area contributed by atoms with Crippen molar-refractivity contribution in [3.8, 4) is 0 Å². The lowest BCUT2D eigenvalue weighted by atomic mass is 9.94. The van der Waals surface area contributed by atoms with E-state index in [1.807, 2.05) is 0 Å². The molecule has 1 unspecified atom stereocenters. The van der Waals surface area contributed by atoms with Crippen LogP contribution < -0.4 is 10.6 Å². The van der Waals surface area contributed by atoms with E-state index >= 15 is 0 Å². The molecule has 2 N–H and O–H groups in total. The first kappa shape index (κ1) is 19.0. The Bertz CT molecular complexity index is 453. The molecule has 1 aliphatic rings. The minimum absolute atomic E-state index is 0. The lowest BCUT2D eigenvalue weighted by molar-refractivity contribution is -0.122. The summed E-state index contributed by atoms with van der Waals surface area (Å²) in [5.74, 6) is 1.27. The summed E-state index contributed by atoms with van der Waals surface area (Å²) in [6.07, 6.45) is 2.89. The molecule has 0 aromatic heterocycles. The molecule has 0 radical (unpaired) electrons. The van der Waals surface area contributed by atoms with E-state index in [2.05, 4.69) is 55.7 Å². The number of carbonyl (C=O) groups excluding carboxylic acids is 1. The van der Waals surface area contributed by atoms with Gasteiger partial charge in [0.25, 0.3) is 0 Å². The molecule has 4 heteroatoms. The molecule has 1 fully saturated rings. The number of piperidine rings is 1. The topological polar surface area (TPSA) is 41.1 Å². The summed E-state index contributed by atoms with van der Waals surface area (Å²) in [4.78, 5) is 12.1. The van der Waals surface area contributed by atoms with Gasteiger partial charge in [-0.2, -0.15) is 0 Å². The van der Waals surface area contributed by atoms with Gasteiger partial charge < -0.3 is 10.6 Å². The third-order valence-electron chi connectivity index (χ3n) is 4.41. The summed E-state index contributed by atoms with van der Waals surface area (Å²) < 4.78 is 0. The van der Waals surface area contributed by atoms with E-state index in [1.165, 1.54) is 11.1 Å². The van der Waals surface area contributed by atoms with Crippen molar-refractivity contribution in [2.75, 3.05) is 13.1 Å². The molecule has 0 bridgehead atoms. The van der Waals surface area contributed by atoms with E-state index in [0.29, 0.717) is 18.3 Å². The standard InChI is InChI=1S/C18H28N2O.ClH/c1-13(2)16-4-6-17(7-5-16)14(3)20-18(21)12-15-8-10-19-11-9-15;/h4-7,13-15,19H,8-12H2,1-3H3,(H,20,21);1H. The van der Waals surface area contributed by atoms with E-state index in [4.69, 9.17) is 0 Å². The molecule has 0 saturated carbocycles. The Balaban J connectivity index is 0.00000242. The van der Waals surface area contributed by atoms with E-state index in [-0.39, 0.29) is 24.4 Å². The highest BCUT2D eigenvalue weighted by atomic mass is 35.5. The monoisotopic (exact) mass is 324 g/mol. The smallest absolute Gasteiger partial charge is 0.220 e. The molecule has 2 rings (SSSR count). The van der Waals surface area contributed by atoms with Gasteiger partial charge >= 0.3 is 0 Å². The van der Waals surface area contributed by atoms with E-state index in [9.17, 15) is 4.79 Å². The highest BCUT2D eigenvalue weighted by Gasteiger charge is 2.18. The predicted octanol–water partition coefficient (Wildman–Crippen LogP) is 3.80. The van der Waals surface area contributed by atoms with Gasteiger partial charge in [-0.15, -0.1) is 12.4 Å². The Kier molecular flexibility index (Phi) is 7.91. The Hall–Kier alpha value is -1.06. The minimum Gasteiger partial charge on any atom is -0.350 e. The van der Waals surface area contributed by atoms with Gasteiger partial charge in [0.05, 0.1) is 6.04 Å². The van der Waals surface area contributed by atoms with Crippen LogP contribution in [0.2, 0.25) is 0 Å². The summed E-state index contributed by atoms with van der Waals surface area (Å²) in [5, 5.41) is 6.47. The Labute approximate surface area is 140 Å². The molecular weight excluding hydrogens is 296 g/mol. The zero-order valence-electron chi connectivity index (χ0n) is 13.9. The molecule has 1 saturated heterocycles. The Morgan fingerprint density at radius 2 is 1.68 bits per heavy atom. The normalized spacial score (nSPS) is 16.9. The van der Waals surface area contributed by atoms with Crippen molar-refractivity contribution in [1.29, 1.82) is 0 Å². The predicted molar refractivity (Wildman–Crippen MR) is 94.5 cm³/mol. The van der Waals surface area contributed by atoms with Gasteiger partial charge in [0.2, 0.25) is 5.91 Å². The molecule has 1 aromatic rings. The van der Waals surface area contributed by atoms with Crippen molar-refractivity contribution in [1.82, 2.24) is 10.6 Å². The molecular formula is C18H29ClN2O. The Morgan fingerprint density at radius 3 is 2.23 bits per heavy atom. The number of rotatable bonds is 5. The number of hydrogen-bond acceptors (Lipinski definition) is 2. The van der Waals surface area contributed by atoms with Crippen LogP contribution in [-0.2, 0) is 4.79 Å². The van der Waals surface area contributed by atoms with Gasteiger partial charge in [0.1, 0.15) is 0 Å². The third kappa shape index (κ3) is 5.62. The fourth-order valence-corrected chi connectivity index (χ4v) is 2.90. The molecule has 1 amide bonds. The number of carbonyl (C=O) groups is 1. The van der Waals surface area contributed by atoms with Crippen LogP contribution in [-0.4, -0.2) is 19.0 Å². The lowest BCUT2D eigenvalue weighted by Crippen LogP contribution is -2.33. The van der Waals surface area contributed by atoms with Crippen molar-refractivity contribution in [3.63, 3.8) is 0 Å². The van der Waals surface area contributed by atoms with Gasteiger partial charge in [-0.1, -0.05) is 38.1 Å². The molecule has 1 atom stereocenters. The molecule has 0 aliphatic carbocycles. The van der Waals surface area contributed by atoms with Crippen LogP contribution >= 0.6 is 12.4 Å². The van der Waals surface area contributed by atoms with Crippen LogP contribution in [0.4, 0.5) is 0 Å². The largest absolute Gasteiger partial charge is 0.350 e. The molecule has 1 aromatic carbocycles. The van der Waals surface area contributed by atoms with Gasteiger partial charge in [-0.25, -0.2) is 0 Å². The maximum Gasteiger partial charge on any atom is 0.220 e. The van der Waals surface area contributed by atoms with Crippen molar-refractivity contribution < 1.29 is 4.79 Å². The van der Waals surface area contributed by atoms with Crippen molar-refractivity contribution in [2.45, 2.75) is 52.0 Å². The van der Waals surface area contributed by atoms with Crippen LogP contribution in [0.1, 0.15) is 63.1 Å². The number of benzene rings is 1. The molecule has 124 valence electrons. The van der Waals surface area contributed by atoms with Crippen molar-refractivity contribution in [2.24, 2.45) is 5.92 Å². The maximum absolute atomic E-state index is 12.1. The first-order valence-electron chi connectivity index (χ1n) is 8.16. The highest BCUT2D eigenvalue weighted by Crippen LogP contribution is 2.20. The number of halogens is 1. The van der Waals surface area contributed by atoms with Crippen molar-refractivity contribution >= 4 is 18.3 Å². The van der Waals surface area contributed by atoms with Crippen LogP contribution in [0.25, 0.3) is 0 Å². The fraction of sp³-hybridized carbons (Fsp3) is 0.611. The number of hydrogen-bond donors (Lipinski definition) is 2. The van der Waals surface area contributed by atoms with Crippen LogP contribution in [0.5, 0.6) is 0 Å². The van der Waals surface area contributed by atoms with Gasteiger partial charge in [0, 0.05) is 6.42 Å². The van der Waals surface area contributed by atoms with Crippen LogP contribution in [0.3, 0.4) is 0 Å². The SMILES string of the molecule is CC(C)c1ccc(C(C)NC(=O)CC2CCNCC2)cc1.Cl. The van der Waals surface area contributed by atoms with E-state index < -0.39 is 0 Å². The quantitative estimate of drug-likeness (QED) is 0.865. The Morgan fingerprint density at radius 1 is 1.14 bits per heavy atom. The number of amides is 1. The minimum atomic E-state index is 0. The first-order chi connectivity index (χ1) is 10.1. The van der Waals surface area contributed by atoms with Crippen LogP contribution in [0.15, 0.2) is 24.3 Å². The van der Waals surface area contributed by atoms with Crippen molar-refractivity contribution in [3.05, 3.63) is 35.4 Å². The molecule has 22 heavy (non-hydrogen) atoms. The third-order valence-corrected chi connectivity index (χ3v) is 4.41. The number of nitrogens with one attached hydrogen (secondary N) is 2. The van der Waals surface area contributed by atoms with E-state index in [0.717, 1.165) is 25.9 Å². The second-order valence-electron chi connectivity index (χ2n) is 6.51. The van der Waals surface area contributed by atoms with Crippen LogP contribution in [0, 0.1) is 5.92 Å². The summed E-state index contributed by atoms with van der Waals surface area (Å²) in [6, 6.07) is 8.67. The molecule has 0 spiro atoms. The molecule has 1 heterocycles. The fourth-order valence-electron chi connectivity index (χ4n) is 2.90. The zero-order valence-corrected chi connectivity index (χ0v) is 14.7.